The Labute approximate surface area is 137 Å². The standard InChI is InChI=1S/C16H15N3O5/c1-9(20)10-5-6-12(13(7-10)23-4)24-15-11(8-17)14(21)18(2)16(22)19(15)3/h5-7H,1-4H3. The Balaban J connectivity index is 2.65. The van der Waals surface area contributed by atoms with E-state index >= 15 is 0 Å². The Hall–Kier alpha value is -3.34. The van der Waals surface area contributed by atoms with Gasteiger partial charge in [0.15, 0.2) is 22.8 Å². The van der Waals surface area contributed by atoms with Crippen molar-refractivity contribution >= 4 is 5.78 Å². The topological polar surface area (TPSA) is 103 Å². The van der Waals surface area contributed by atoms with Crippen molar-refractivity contribution < 1.29 is 14.3 Å². The van der Waals surface area contributed by atoms with Crippen LogP contribution in [-0.4, -0.2) is 22.0 Å². The Morgan fingerprint density at radius 3 is 2.38 bits per heavy atom. The van der Waals surface area contributed by atoms with Crippen molar-refractivity contribution in [3.63, 3.8) is 0 Å². The molecule has 0 N–H and O–H groups in total. The molecule has 124 valence electrons. The summed E-state index contributed by atoms with van der Waals surface area (Å²) < 4.78 is 12.6. The minimum absolute atomic E-state index is 0.154. The average Bonchev–Trinajstić information content (AvgIpc) is 2.58. The molecule has 0 fully saturated rings. The molecule has 1 aromatic heterocycles. The second-order valence-corrected chi connectivity index (χ2v) is 5.02. The van der Waals surface area contributed by atoms with Gasteiger partial charge in [-0.2, -0.15) is 5.26 Å². The van der Waals surface area contributed by atoms with E-state index < -0.39 is 11.2 Å². The van der Waals surface area contributed by atoms with Gasteiger partial charge in [-0.05, 0) is 25.1 Å². The molecule has 2 rings (SSSR count). The molecule has 0 saturated heterocycles. The maximum atomic E-state index is 12.1. The van der Waals surface area contributed by atoms with E-state index in [4.69, 9.17) is 9.47 Å². The highest BCUT2D eigenvalue weighted by molar-refractivity contribution is 5.94. The minimum atomic E-state index is -0.755. The quantitative estimate of drug-likeness (QED) is 0.774. The summed E-state index contributed by atoms with van der Waals surface area (Å²) in [5.41, 5.74) is -1.28. The van der Waals surface area contributed by atoms with Crippen LogP contribution in [0.2, 0.25) is 0 Å². The minimum Gasteiger partial charge on any atom is -0.493 e. The molecular weight excluding hydrogens is 314 g/mol. The van der Waals surface area contributed by atoms with Gasteiger partial charge in [-0.1, -0.05) is 0 Å². The SMILES string of the molecule is COc1cc(C(C)=O)ccc1Oc1c(C#N)c(=O)n(C)c(=O)n1C. The van der Waals surface area contributed by atoms with Crippen LogP contribution < -0.4 is 20.7 Å². The zero-order valence-electron chi connectivity index (χ0n) is 13.6. The first-order chi connectivity index (χ1) is 11.3. The predicted molar refractivity (Wildman–Crippen MR) is 84.7 cm³/mol. The van der Waals surface area contributed by atoms with Gasteiger partial charge in [0.1, 0.15) is 6.07 Å². The summed E-state index contributed by atoms with van der Waals surface area (Å²) in [6, 6.07) is 6.21. The number of Topliss-reactive ketones (excluding diaryl/α,β-unsaturated/α-hetero) is 1. The maximum Gasteiger partial charge on any atom is 0.333 e. The molecule has 0 aliphatic carbocycles. The van der Waals surface area contributed by atoms with Gasteiger partial charge in [0.25, 0.3) is 5.56 Å². The lowest BCUT2D eigenvalue weighted by Crippen LogP contribution is -2.38. The lowest BCUT2D eigenvalue weighted by Gasteiger charge is -2.15. The van der Waals surface area contributed by atoms with E-state index in [0.717, 1.165) is 9.13 Å². The number of rotatable bonds is 4. The number of aromatic nitrogens is 2. The first kappa shape index (κ1) is 17.0. The number of hydrogen-bond donors (Lipinski definition) is 0. The third kappa shape index (κ3) is 2.79. The van der Waals surface area contributed by atoms with Crippen LogP contribution in [0.15, 0.2) is 27.8 Å². The first-order valence-corrected chi connectivity index (χ1v) is 6.88. The lowest BCUT2D eigenvalue weighted by atomic mass is 10.1. The maximum absolute atomic E-state index is 12.1. The number of ketones is 1. The van der Waals surface area contributed by atoms with E-state index in [2.05, 4.69) is 0 Å². The van der Waals surface area contributed by atoms with Crippen molar-refractivity contribution in [3.05, 3.63) is 50.2 Å². The van der Waals surface area contributed by atoms with Crippen LogP contribution in [0.4, 0.5) is 0 Å². The molecule has 0 aliphatic rings. The van der Waals surface area contributed by atoms with E-state index in [9.17, 15) is 19.6 Å². The molecule has 0 unspecified atom stereocenters. The van der Waals surface area contributed by atoms with Crippen molar-refractivity contribution in [2.45, 2.75) is 6.92 Å². The van der Waals surface area contributed by atoms with E-state index in [1.54, 1.807) is 6.07 Å². The van der Waals surface area contributed by atoms with Gasteiger partial charge in [0.05, 0.1) is 7.11 Å². The van der Waals surface area contributed by atoms with Crippen LogP contribution in [0.3, 0.4) is 0 Å². The fourth-order valence-electron chi connectivity index (χ4n) is 2.12. The molecular formula is C16H15N3O5. The van der Waals surface area contributed by atoms with Gasteiger partial charge in [-0.3, -0.25) is 18.7 Å². The molecule has 0 saturated carbocycles. The Morgan fingerprint density at radius 2 is 1.83 bits per heavy atom. The zero-order valence-corrected chi connectivity index (χ0v) is 13.6. The second-order valence-electron chi connectivity index (χ2n) is 5.02. The predicted octanol–water partition coefficient (Wildman–Crippen LogP) is 0.959. The molecule has 24 heavy (non-hydrogen) atoms. The van der Waals surface area contributed by atoms with Crippen molar-refractivity contribution in [2.24, 2.45) is 14.1 Å². The zero-order chi connectivity index (χ0) is 18.0. The van der Waals surface area contributed by atoms with Gasteiger partial charge in [0, 0.05) is 19.7 Å². The molecule has 1 aromatic carbocycles. The Bertz CT molecular complexity index is 979. The molecule has 0 atom stereocenters. The summed E-state index contributed by atoms with van der Waals surface area (Å²) in [6.07, 6.45) is 0. The van der Waals surface area contributed by atoms with Crippen molar-refractivity contribution in [1.29, 1.82) is 5.26 Å². The number of benzene rings is 1. The fraction of sp³-hybridized carbons (Fsp3) is 0.250. The van der Waals surface area contributed by atoms with Crippen molar-refractivity contribution in [1.82, 2.24) is 9.13 Å². The van der Waals surface area contributed by atoms with Gasteiger partial charge < -0.3 is 9.47 Å². The Kier molecular flexibility index (Phi) is 4.55. The highest BCUT2D eigenvalue weighted by Crippen LogP contribution is 2.32. The fourth-order valence-corrected chi connectivity index (χ4v) is 2.12. The van der Waals surface area contributed by atoms with E-state index in [1.165, 1.54) is 46.3 Å². The number of nitrogens with zero attached hydrogens (tertiary/aromatic N) is 3. The van der Waals surface area contributed by atoms with Gasteiger partial charge in [0.2, 0.25) is 5.88 Å². The summed E-state index contributed by atoms with van der Waals surface area (Å²) in [5.74, 6) is 0.0555. The number of carbonyl (C=O) groups excluding carboxylic acids is 1. The van der Waals surface area contributed by atoms with E-state index in [-0.39, 0.29) is 28.7 Å². The molecule has 2 aromatic rings. The molecule has 0 radical (unpaired) electrons. The highest BCUT2D eigenvalue weighted by atomic mass is 16.5. The third-order valence-corrected chi connectivity index (χ3v) is 3.50. The summed E-state index contributed by atoms with van der Waals surface area (Å²) in [6.45, 7) is 1.41. The van der Waals surface area contributed by atoms with Crippen LogP contribution in [0.1, 0.15) is 22.8 Å². The van der Waals surface area contributed by atoms with E-state index in [1.807, 2.05) is 0 Å². The number of nitriles is 1. The van der Waals surface area contributed by atoms with Crippen molar-refractivity contribution in [2.75, 3.05) is 7.11 Å². The van der Waals surface area contributed by atoms with Gasteiger partial charge in [-0.25, -0.2) is 4.79 Å². The number of carbonyl (C=O) groups is 1. The summed E-state index contributed by atoms with van der Waals surface area (Å²) in [7, 11) is 4.05. The molecule has 1 heterocycles. The first-order valence-electron chi connectivity index (χ1n) is 6.88. The van der Waals surface area contributed by atoms with Gasteiger partial charge in [-0.15, -0.1) is 0 Å². The number of ether oxygens (including phenoxy) is 2. The molecule has 0 amide bonds. The second kappa shape index (κ2) is 6.42. The van der Waals surface area contributed by atoms with Crippen LogP contribution in [0.5, 0.6) is 17.4 Å². The molecule has 0 bridgehead atoms. The molecule has 8 heteroatoms. The van der Waals surface area contributed by atoms with Crippen molar-refractivity contribution in [3.8, 4) is 23.4 Å². The highest BCUT2D eigenvalue weighted by Gasteiger charge is 2.19. The van der Waals surface area contributed by atoms with Crippen LogP contribution in [0.25, 0.3) is 0 Å². The Morgan fingerprint density at radius 1 is 1.17 bits per heavy atom. The average molecular weight is 329 g/mol. The normalized spacial score (nSPS) is 10.1. The number of hydrogen-bond acceptors (Lipinski definition) is 6. The lowest BCUT2D eigenvalue weighted by molar-refractivity contribution is 0.101. The molecule has 0 aliphatic heterocycles. The smallest absolute Gasteiger partial charge is 0.333 e. The largest absolute Gasteiger partial charge is 0.493 e. The molecule has 8 nitrogen and oxygen atoms in total. The summed E-state index contributed by atoms with van der Waals surface area (Å²) in [4.78, 5) is 35.5. The van der Waals surface area contributed by atoms with Crippen LogP contribution in [-0.2, 0) is 14.1 Å². The van der Waals surface area contributed by atoms with Crippen LogP contribution >= 0.6 is 0 Å². The summed E-state index contributed by atoms with van der Waals surface area (Å²) >= 11 is 0. The van der Waals surface area contributed by atoms with Gasteiger partial charge >= 0.3 is 5.69 Å². The van der Waals surface area contributed by atoms with E-state index in [0.29, 0.717) is 5.56 Å². The summed E-state index contributed by atoms with van der Waals surface area (Å²) in [5, 5.41) is 9.23. The van der Waals surface area contributed by atoms with Crippen LogP contribution in [0, 0.1) is 11.3 Å². The number of methoxy groups -OCH3 is 1. The monoisotopic (exact) mass is 329 g/mol. The third-order valence-electron chi connectivity index (χ3n) is 3.50. The molecule has 0 spiro atoms.